The fourth-order valence-corrected chi connectivity index (χ4v) is 2.35. The summed E-state index contributed by atoms with van der Waals surface area (Å²) in [5, 5.41) is 27.4. The van der Waals surface area contributed by atoms with Crippen LogP contribution in [0.5, 0.6) is 5.75 Å². The standard InChI is InChI=1S/C19H20N4O/c1-5-8-23(13-14(2)3)16-6-7-17(19(9-16)24-4)18(12-22)15(10-20)11-21/h5-7,9,14H,1,8,13H2,2-4H3. The largest absolute Gasteiger partial charge is 0.496 e. The van der Waals surface area contributed by atoms with Gasteiger partial charge < -0.3 is 9.64 Å². The lowest BCUT2D eigenvalue weighted by Gasteiger charge is -2.26. The van der Waals surface area contributed by atoms with Gasteiger partial charge in [-0.2, -0.15) is 15.8 Å². The van der Waals surface area contributed by atoms with E-state index in [4.69, 9.17) is 15.3 Å². The highest BCUT2D eigenvalue weighted by molar-refractivity contribution is 5.87. The minimum absolute atomic E-state index is 0.0162. The van der Waals surface area contributed by atoms with Gasteiger partial charge in [0.1, 0.15) is 29.5 Å². The molecule has 5 heteroatoms. The number of rotatable bonds is 7. The van der Waals surface area contributed by atoms with Crippen LogP contribution in [0.2, 0.25) is 0 Å². The number of benzene rings is 1. The quantitative estimate of drug-likeness (QED) is 0.565. The van der Waals surface area contributed by atoms with E-state index in [2.05, 4.69) is 25.3 Å². The van der Waals surface area contributed by atoms with Crippen molar-refractivity contribution in [2.75, 3.05) is 25.1 Å². The number of nitrogens with zero attached hydrogens (tertiary/aromatic N) is 4. The van der Waals surface area contributed by atoms with E-state index in [9.17, 15) is 5.26 Å². The van der Waals surface area contributed by atoms with Crippen LogP contribution in [0.3, 0.4) is 0 Å². The summed E-state index contributed by atoms with van der Waals surface area (Å²) < 4.78 is 5.38. The van der Waals surface area contributed by atoms with E-state index in [0.717, 1.165) is 12.2 Å². The van der Waals surface area contributed by atoms with Crippen molar-refractivity contribution in [3.63, 3.8) is 0 Å². The summed E-state index contributed by atoms with van der Waals surface area (Å²) in [5.41, 5.74) is 1.15. The highest BCUT2D eigenvalue weighted by Gasteiger charge is 2.16. The SMILES string of the molecule is C=CCN(CC(C)C)c1ccc(C(C#N)=C(C#N)C#N)c(OC)c1. The zero-order chi connectivity index (χ0) is 18.1. The summed E-state index contributed by atoms with van der Waals surface area (Å²) in [4.78, 5) is 2.15. The number of hydrogen-bond donors (Lipinski definition) is 0. The Kier molecular flexibility index (Phi) is 7.08. The fraction of sp³-hybridized carbons (Fsp3) is 0.316. The van der Waals surface area contributed by atoms with Crippen molar-refractivity contribution in [2.24, 2.45) is 5.92 Å². The van der Waals surface area contributed by atoms with Crippen molar-refractivity contribution in [1.29, 1.82) is 15.8 Å². The molecular formula is C19H20N4O. The number of nitriles is 3. The number of allylic oxidation sites excluding steroid dienone is 2. The Morgan fingerprint density at radius 3 is 2.38 bits per heavy atom. The molecule has 1 rings (SSSR count). The molecule has 0 saturated carbocycles. The van der Waals surface area contributed by atoms with E-state index in [1.54, 1.807) is 18.2 Å². The Labute approximate surface area is 143 Å². The molecular weight excluding hydrogens is 300 g/mol. The summed E-state index contributed by atoms with van der Waals surface area (Å²) >= 11 is 0. The summed E-state index contributed by atoms with van der Waals surface area (Å²) in [5.74, 6) is 0.916. The van der Waals surface area contributed by atoms with E-state index >= 15 is 0 Å². The number of anilines is 1. The molecule has 0 aliphatic carbocycles. The van der Waals surface area contributed by atoms with Crippen molar-refractivity contribution in [3.8, 4) is 24.0 Å². The van der Waals surface area contributed by atoms with Gasteiger partial charge in [-0.1, -0.05) is 19.9 Å². The van der Waals surface area contributed by atoms with Gasteiger partial charge in [0.2, 0.25) is 0 Å². The Hall–Kier alpha value is -3.23. The molecule has 0 bridgehead atoms. The van der Waals surface area contributed by atoms with Crippen molar-refractivity contribution in [2.45, 2.75) is 13.8 Å². The second kappa shape index (κ2) is 9.03. The van der Waals surface area contributed by atoms with Gasteiger partial charge in [0, 0.05) is 30.4 Å². The van der Waals surface area contributed by atoms with Gasteiger partial charge in [-0.05, 0) is 18.1 Å². The Morgan fingerprint density at radius 2 is 1.92 bits per heavy atom. The maximum atomic E-state index is 9.32. The Balaban J connectivity index is 3.44. The maximum Gasteiger partial charge on any atom is 0.148 e. The van der Waals surface area contributed by atoms with E-state index in [0.29, 0.717) is 23.8 Å². The second-order valence-electron chi connectivity index (χ2n) is 5.56. The number of hydrogen-bond acceptors (Lipinski definition) is 5. The van der Waals surface area contributed by atoms with Crippen molar-refractivity contribution >= 4 is 11.3 Å². The van der Waals surface area contributed by atoms with Gasteiger partial charge in [-0.3, -0.25) is 0 Å². The molecule has 24 heavy (non-hydrogen) atoms. The first-order chi connectivity index (χ1) is 11.5. The van der Waals surface area contributed by atoms with Crippen LogP contribution in [0.15, 0.2) is 36.4 Å². The summed E-state index contributed by atoms with van der Waals surface area (Å²) in [6.07, 6.45) is 1.83. The summed E-state index contributed by atoms with van der Waals surface area (Å²) in [6.45, 7) is 9.57. The van der Waals surface area contributed by atoms with Crippen LogP contribution < -0.4 is 9.64 Å². The average molecular weight is 320 g/mol. The molecule has 0 amide bonds. The number of ether oxygens (including phenoxy) is 1. The molecule has 1 aromatic carbocycles. The summed E-state index contributed by atoms with van der Waals surface area (Å²) in [7, 11) is 1.50. The van der Waals surface area contributed by atoms with Gasteiger partial charge in [-0.25, -0.2) is 0 Å². The van der Waals surface area contributed by atoms with Crippen LogP contribution in [0.4, 0.5) is 5.69 Å². The normalized spacial score (nSPS) is 9.38. The highest BCUT2D eigenvalue weighted by Crippen LogP contribution is 2.32. The molecule has 0 spiro atoms. The molecule has 0 radical (unpaired) electrons. The fourth-order valence-electron chi connectivity index (χ4n) is 2.35. The lowest BCUT2D eigenvalue weighted by atomic mass is 10.0. The molecule has 0 atom stereocenters. The van der Waals surface area contributed by atoms with Crippen LogP contribution >= 0.6 is 0 Å². The van der Waals surface area contributed by atoms with Gasteiger partial charge in [-0.15, -0.1) is 6.58 Å². The van der Waals surface area contributed by atoms with E-state index < -0.39 is 0 Å². The molecule has 0 aliphatic rings. The lowest BCUT2D eigenvalue weighted by molar-refractivity contribution is 0.413. The third kappa shape index (κ3) is 4.38. The molecule has 1 aromatic rings. The van der Waals surface area contributed by atoms with E-state index in [-0.39, 0.29) is 11.1 Å². The average Bonchev–Trinajstić information content (AvgIpc) is 2.58. The first-order valence-electron chi connectivity index (χ1n) is 7.51. The first-order valence-corrected chi connectivity index (χ1v) is 7.51. The van der Waals surface area contributed by atoms with Gasteiger partial charge >= 0.3 is 0 Å². The Bertz CT molecular complexity index is 741. The topological polar surface area (TPSA) is 83.8 Å². The van der Waals surface area contributed by atoms with Crippen LogP contribution in [0.1, 0.15) is 19.4 Å². The molecule has 0 N–H and O–H groups in total. The zero-order valence-electron chi connectivity index (χ0n) is 14.2. The van der Waals surface area contributed by atoms with Crippen LogP contribution in [-0.2, 0) is 0 Å². The predicted molar refractivity (Wildman–Crippen MR) is 94.0 cm³/mol. The Morgan fingerprint density at radius 1 is 1.25 bits per heavy atom. The van der Waals surface area contributed by atoms with Gasteiger partial charge in [0.15, 0.2) is 0 Å². The smallest absolute Gasteiger partial charge is 0.148 e. The zero-order valence-corrected chi connectivity index (χ0v) is 14.2. The van der Waals surface area contributed by atoms with Crippen LogP contribution in [0, 0.1) is 39.9 Å². The lowest BCUT2D eigenvalue weighted by Crippen LogP contribution is -2.27. The van der Waals surface area contributed by atoms with E-state index in [1.807, 2.05) is 24.3 Å². The molecule has 0 fully saturated rings. The molecule has 5 nitrogen and oxygen atoms in total. The third-order valence-electron chi connectivity index (χ3n) is 3.34. The van der Waals surface area contributed by atoms with Gasteiger partial charge in [0.25, 0.3) is 0 Å². The second-order valence-corrected chi connectivity index (χ2v) is 5.56. The van der Waals surface area contributed by atoms with Crippen LogP contribution in [-0.4, -0.2) is 20.2 Å². The van der Waals surface area contributed by atoms with Gasteiger partial charge in [0.05, 0.1) is 12.7 Å². The first kappa shape index (κ1) is 18.8. The van der Waals surface area contributed by atoms with Crippen molar-refractivity contribution in [3.05, 3.63) is 42.0 Å². The molecule has 0 unspecified atom stereocenters. The van der Waals surface area contributed by atoms with E-state index in [1.165, 1.54) is 7.11 Å². The van der Waals surface area contributed by atoms with Crippen molar-refractivity contribution < 1.29 is 4.74 Å². The maximum absolute atomic E-state index is 9.32. The monoisotopic (exact) mass is 320 g/mol. The van der Waals surface area contributed by atoms with Crippen molar-refractivity contribution in [1.82, 2.24) is 0 Å². The third-order valence-corrected chi connectivity index (χ3v) is 3.34. The molecule has 0 saturated heterocycles. The highest BCUT2D eigenvalue weighted by atomic mass is 16.5. The molecule has 0 aromatic heterocycles. The minimum atomic E-state index is -0.228. The summed E-state index contributed by atoms with van der Waals surface area (Å²) in [6, 6.07) is 10.8. The van der Waals surface area contributed by atoms with Crippen LogP contribution in [0.25, 0.3) is 5.57 Å². The molecule has 122 valence electrons. The molecule has 0 aliphatic heterocycles. The molecule has 0 heterocycles. The predicted octanol–water partition coefficient (Wildman–Crippen LogP) is 3.67. The minimum Gasteiger partial charge on any atom is -0.496 e. The number of methoxy groups -OCH3 is 1.